The second kappa shape index (κ2) is 4.11. The lowest BCUT2D eigenvalue weighted by Crippen LogP contribution is -2.21. The minimum atomic E-state index is 0.197. The van der Waals surface area contributed by atoms with E-state index in [-0.39, 0.29) is 12.1 Å². The fourth-order valence-corrected chi connectivity index (χ4v) is 2.16. The van der Waals surface area contributed by atoms with Crippen LogP contribution in [0.2, 0.25) is 0 Å². The van der Waals surface area contributed by atoms with Gasteiger partial charge in [-0.25, -0.2) is 0 Å². The molecule has 14 heavy (non-hydrogen) atoms. The van der Waals surface area contributed by atoms with Gasteiger partial charge in [0.1, 0.15) is 0 Å². The SMILES string of the molecule is CCO[C@H]1CC[C@H](N)c2ccccc21. The molecule has 2 N–H and O–H groups in total. The summed E-state index contributed by atoms with van der Waals surface area (Å²) in [5.74, 6) is 0. The average Bonchev–Trinajstić information content (AvgIpc) is 2.23. The number of rotatable bonds is 2. The second-order valence-electron chi connectivity index (χ2n) is 3.76. The summed E-state index contributed by atoms with van der Waals surface area (Å²) in [7, 11) is 0. The Morgan fingerprint density at radius 2 is 2.00 bits per heavy atom. The summed E-state index contributed by atoms with van der Waals surface area (Å²) < 4.78 is 5.70. The largest absolute Gasteiger partial charge is 0.374 e. The quantitative estimate of drug-likeness (QED) is 0.779. The van der Waals surface area contributed by atoms with Gasteiger partial charge in [-0.05, 0) is 30.9 Å². The van der Waals surface area contributed by atoms with Crippen LogP contribution in [-0.2, 0) is 4.74 Å². The van der Waals surface area contributed by atoms with Crippen LogP contribution in [-0.4, -0.2) is 6.61 Å². The average molecular weight is 191 g/mol. The molecule has 0 radical (unpaired) electrons. The molecule has 0 saturated heterocycles. The van der Waals surface area contributed by atoms with Gasteiger partial charge in [-0.15, -0.1) is 0 Å². The van der Waals surface area contributed by atoms with Crippen molar-refractivity contribution in [3.8, 4) is 0 Å². The topological polar surface area (TPSA) is 35.2 Å². The van der Waals surface area contributed by atoms with Gasteiger partial charge in [0.25, 0.3) is 0 Å². The molecule has 2 atom stereocenters. The number of hydrogen-bond donors (Lipinski definition) is 1. The molecule has 1 aromatic carbocycles. The lowest BCUT2D eigenvalue weighted by Gasteiger charge is -2.29. The van der Waals surface area contributed by atoms with Crippen molar-refractivity contribution in [3.05, 3.63) is 35.4 Å². The van der Waals surface area contributed by atoms with E-state index in [4.69, 9.17) is 10.5 Å². The summed E-state index contributed by atoms with van der Waals surface area (Å²) in [4.78, 5) is 0. The molecule has 0 aromatic heterocycles. The molecule has 76 valence electrons. The Morgan fingerprint density at radius 3 is 2.71 bits per heavy atom. The Kier molecular flexibility index (Phi) is 2.85. The highest BCUT2D eigenvalue weighted by Crippen LogP contribution is 2.36. The van der Waals surface area contributed by atoms with Crippen LogP contribution in [0.5, 0.6) is 0 Å². The zero-order valence-corrected chi connectivity index (χ0v) is 8.57. The van der Waals surface area contributed by atoms with E-state index >= 15 is 0 Å². The maximum atomic E-state index is 6.05. The van der Waals surface area contributed by atoms with Crippen LogP contribution < -0.4 is 5.73 Å². The molecule has 0 bridgehead atoms. The van der Waals surface area contributed by atoms with E-state index in [1.807, 2.05) is 13.0 Å². The van der Waals surface area contributed by atoms with E-state index in [0.29, 0.717) is 0 Å². The number of nitrogens with two attached hydrogens (primary N) is 1. The summed E-state index contributed by atoms with van der Waals surface area (Å²) in [6.07, 6.45) is 2.34. The zero-order chi connectivity index (χ0) is 9.97. The van der Waals surface area contributed by atoms with Crippen molar-refractivity contribution in [3.63, 3.8) is 0 Å². The summed E-state index contributed by atoms with van der Waals surface area (Å²) in [6, 6.07) is 8.55. The van der Waals surface area contributed by atoms with Gasteiger partial charge in [0.05, 0.1) is 6.10 Å². The first-order valence-corrected chi connectivity index (χ1v) is 5.29. The Balaban J connectivity index is 2.31. The van der Waals surface area contributed by atoms with Gasteiger partial charge in [-0.3, -0.25) is 0 Å². The number of ether oxygens (including phenoxy) is 1. The highest BCUT2D eigenvalue weighted by molar-refractivity contribution is 5.33. The summed E-state index contributed by atoms with van der Waals surface area (Å²) in [5.41, 5.74) is 8.60. The van der Waals surface area contributed by atoms with Crippen molar-refractivity contribution >= 4 is 0 Å². The first kappa shape index (κ1) is 9.69. The van der Waals surface area contributed by atoms with Crippen molar-refractivity contribution in [2.75, 3.05) is 6.61 Å². The Bertz CT molecular complexity index is 311. The van der Waals surface area contributed by atoms with Gasteiger partial charge in [-0.1, -0.05) is 24.3 Å². The maximum absolute atomic E-state index is 6.05. The summed E-state index contributed by atoms with van der Waals surface area (Å²) >= 11 is 0. The van der Waals surface area contributed by atoms with Gasteiger partial charge in [0.2, 0.25) is 0 Å². The number of fused-ring (bicyclic) bond motifs is 1. The van der Waals surface area contributed by atoms with Crippen LogP contribution in [0.4, 0.5) is 0 Å². The summed E-state index contributed by atoms with van der Waals surface area (Å²) in [5, 5.41) is 0. The predicted molar refractivity (Wildman–Crippen MR) is 57.0 cm³/mol. The molecule has 0 aliphatic heterocycles. The molecule has 0 saturated carbocycles. The first-order chi connectivity index (χ1) is 6.83. The fourth-order valence-electron chi connectivity index (χ4n) is 2.16. The van der Waals surface area contributed by atoms with Crippen molar-refractivity contribution in [2.24, 2.45) is 5.73 Å². The van der Waals surface area contributed by atoms with Gasteiger partial charge < -0.3 is 10.5 Å². The van der Waals surface area contributed by atoms with Gasteiger partial charge in [0.15, 0.2) is 0 Å². The molecule has 2 nitrogen and oxygen atoms in total. The Hall–Kier alpha value is -0.860. The van der Waals surface area contributed by atoms with E-state index in [9.17, 15) is 0 Å². The minimum absolute atomic E-state index is 0.197. The third-order valence-electron chi connectivity index (χ3n) is 2.85. The zero-order valence-electron chi connectivity index (χ0n) is 8.57. The molecular weight excluding hydrogens is 174 g/mol. The molecule has 1 aliphatic carbocycles. The molecule has 0 spiro atoms. The monoisotopic (exact) mass is 191 g/mol. The molecule has 0 fully saturated rings. The van der Waals surface area contributed by atoms with E-state index < -0.39 is 0 Å². The van der Waals surface area contributed by atoms with E-state index in [1.165, 1.54) is 11.1 Å². The molecule has 0 heterocycles. The van der Waals surface area contributed by atoms with Crippen molar-refractivity contribution < 1.29 is 4.74 Å². The molecule has 2 heteroatoms. The second-order valence-corrected chi connectivity index (χ2v) is 3.76. The van der Waals surface area contributed by atoms with Crippen LogP contribution in [0.25, 0.3) is 0 Å². The van der Waals surface area contributed by atoms with E-state index in [2.05, 4.69) is 18.2 Å². The fraction of sp³-hybridized carbons (Fsp3) is 0.500. The van der Waals surface area contributed by atoms with Crippen LogP contribution in [0.3, 0.4) is 0 Å². The van der Waals surface area contributed by atoms with E-state index in [1.54, 1.807) is 0 Å². The lowest BCUT2D eigenvalue weighted by atomic mass is 9.86. The van der Waals surface area contributed by atoms with Crippen LogP contribution >= 0.6 is 0 Å². The highest BCUT2D eigenvalue weighted by Gasteiger charge is 2.24. The maximum Gasteiger partial charge on any atom is 0.0828 e. The van der Waals surface area contributed by atoms with E-state index in [0.717, 1.165) is 19.4 Å². The molecule has 1 aromatic rings. The molecular formula is C12H17NO. The van der Waals surface area contributed by atoms with Gasteiger partial charge in [-0.2, -0.15) is 0 Å². The third kappa shape index (κ3) is 1.68. The Morgan fingerprint density at radius 1 is 1.29 bits per heavy atom. The number of benzene rings is 1. The molecule has 2 rings (SSSR count). The van der Waals surface area contributed by atoms with Gasteiger partial charge in [0, 0.05) is 12.6 Å². The van der Waals surface area contributed by atoms with Crippen molar-refractivity contribution in [1.29, 1.82) is 0 Å². The standard InChI is InChI=1S/C12H17NO/c1-2-14-12-8-7-11(13)9-5-3-4-6-10(9)12/h3-6,11-12H,2,7-8,13H2,1H3/t11-,12-/m0/s1. The number of hydrogen-bond acceptors (Lipinski definition) is 2. The van der Waals surface area contributed by atoms with Crippen molar-refractivity contribution in [2.45, 2.75) is 31.9 Å². The lowest BCUT2D eigenvalue weighted by molar-refractivity contribution is 0.0472. The summed E-state index contributed by atoms with van der Waals surface area (Å²) in [6.45, 7) is 2.81. The van der Waals surface area contributed by atoms with Crippen LogP contribution in [0.15, 0.2) is 24.3 Å². The molecule has 0 amide bonds. The third-order valence-corrected chi connectivity index (χ3v) is 2.85. The van der Waals surface area contributed by atoms with Crippen LogP contribution in [0.1, 0.15) is 43.0 Å². The molecule has 1 aliphatic rings. The highest BCUT2D eigenvalue weighted by atomic mass is 16.5. The first-order valence-electron chi connectivity index (χ1n) is 5.29. The molecule has 0 unspecified atom stereocenters. The van der Waals surface area contributed by atoms with Gasteiger partial charge >= 0.3 is 0 Å². The smallest absolute Gasteiger partial charge is 0.0828 e. The van der Waals surface area contributed by atoms with Crippen LogP contribution in [0, 0.1) is 0 Å². The van der Waals surface area contributed by atoms with Crippen molar-refractivity contribution in [1.82, 2.24) is 0 Å². The predicted octanol–water partition coefficient (Wildman–Crippen LogP) is 2.56. The minimum Gasteiger partial charge on any atom is -0.374 e. The normalized spacial score (nSPS) is 25.9. The Labute approximate surface area is 85.1 Å².